The molecule has 0 aromatic carbocycles. The lowest BCUT2D eigenvalue weighted by Crippen LogP contribution is -2.64. The Morgan fingerprint density at radius 3 is 1.01 bits per heavy atom. The zero-order valence-corrected chi connectivity index (χ0v) is 70.9. The normalized spacial score (nSPS) is 27.6. The number of amides is 4. The highest BCUT2D eigenvalue weighted by molar-refractivity contribution is 5.78. The molecule has 0 saturated carbocycles. The van der Waals surface area contributed by atoms with Crippen molar-refractivity contribution in [3.8, 4) is 0 Å². The number of nitrogens with zero attached hydrogens (tertiary/aromatic N) is 15. The third-order valence-electron chi connectivity index (χ3n) is 20.8. The predicted molar refractivity (Wildman–Crippen MR) is 418 cm³/mol. The molecule has 20 unspecified atom stereocenters. The van der Waals surface area contributed by atoms with Gasteiger partial charge in [0.1, 0.15) is 97.4 Å². The van der Waals surface area contributed by atoms with Gasteiger partial charge in [0.05, 0.1) is 208 Å². The van der Waals surface area contributed by atoms with E-state index in [1.807, 2.05) is 0 Å². The number of nitrogens with one attached hydrogen (secondary N) is 3. The molecule has 4 aromatic heterocycles. The topological polar surface area (TPSA) is 664 Å². The van der Waals surface area contributed by atoms with Crippen LogP contribution < -0.4 is 16.0 Å². The maximum atomic E-state index is 13.6. The lowest BCUT2D eigenvalue weighted by atomic mass is 9.97. The van der Waals surface area contributed by atoms with Crippen molar-refractivity contribution in [2.75, 3.05) is 165 Å². The van der Waals surface area contributed by atoms with Crippen molar-refractivity contribution >= 4 is 29.6 Å². The quantitative estimate of drug-likeness (QED) is 0.0144. The van der Waals surface area contributed by atoms with Gasteiger partial charge in [-0.25, -0.2) is 18.7 Å². The van der Waals surface area contributed by atoms with E-state index in [2.05, 4.69) is 62.1 Å². The number of carbonyl (C=O) groups is 5. The summed E-state index contributed by atoms with van der Waals surface area (Å²) < 4.78 is 97.5. The van der Waals surface area contributed by atoms with Crippen LogP contribution in [0.25, 0.3) is 0 Å². The van der Waals surface area contributed by atoms with Crippen LogP contribution in [0.1, 0.15) is 69.7 Å². The van der Waals surface area contributed by atoms with Gasteiger partial charge in [0.2, 0.25) is 23.6 Å². The Bertz CT molecular complexity index is 3650. The van der Waals surface area contributed by atoms with Gasteiger partial charge in [-0.2, -0.15) is 0 Å². The number of hydrogen-bond donors (Lipinski definition) is 16. The zero-order valence-electron chi connectivity index (χ0n) is 70.9. The number of hydrogen-bond acceptors (Lipinski definition) is 43. The molecule has 0 spiro atoms. The first-order valence-electron chi connectivity index (χ1n) is 41.7. The average Bonchev–Trinajstić information content (AvgIpc) is 1.52. The Morgan fingerprint density at radius 2 is 0.706 bits per heavy atom. The fourth-order valence-corrected chi connectivity index (χ4v) is 14.5. The summed E-state index contributed by atoms with van der Waals surface area (Å²) in [6.45, 7) is 7.34. The average molecular weight is 1810 g/mol. The van der Waals surface area contributed by atoms with Crippen LogP contribution in [0.3, 0.4) is 0 Å². The minimum atomic E-state index is -1.91. The van der Waals surface area contributed by atoms with Crippen molar-refractivity contribution in [2.45, 2.75) is 228 Å². The molecule has 5 saturated heterocycles. The SMILES string of the molecule is CC(=O)NC1C(OCCOCCOCCn2cc(CN(CCCC[C@@H](C(=O)O)N(Cc3cn(CCOCCOCCOC4OC(CO)C(O)C(O)C4NC(C)=O)nn3)Cc3cn(CCOCCOCCOC4OC(CO)C(O)C(O)C4NC(C)=O)nn3)Cc3cn(CCOCCOCCOC4OC(CO)C(O)C5(O)C4N5C(C)=O)nn3)nn2)OC(CO)C(O)C1O. The van der Waals surface area contributed by atoms with Gasteiger partial charge in [0.15, 0.2) is 30.9 Å². The summed E-state index contributed by atoms with van der Waals surface area (Å²) in [6, 6.07) is -5.34. The Hall–Kier alpha value is -7.29. The van der Waals surface area contributed by atoms with E-state index in [1.54, 1.807) is 48.4 Å². The van der Waals surface area contributed by atoms with Gasteiger partial charge < -0.3 is 158 Å². The molecule has 0 bridgehead atoms. The summed E-state index contributed by atoms with van der Waals surface area (Å²) >= 11 is 0. The number of aliphatic carboxylic acids is 1. The number of aromatic nitrogens is 12. The maximum absolute atomic E-state index is 13.6. The van der Waals surface area contributed by atoms with E-state index in [4.69, 9.17) is 75.8 Å². The summed E-state index contributed by atoms with van der Waals surface area (Å²) in [7, 11) is 0. The maximum Gasteiger partial charge on any atom is 0.320 e. The van der Waals surface area contributed by atoms with Crippen LogP contribution in [0.4, 0.5) is 0 Å². The van der Waals surface area contributed by atoms with Crippen molar-refractivity contribution in [3.63, 3.8) is 0 Å². The van der Waals surface area contributed by atoms with Crippen LogP contribution in [0.2, 0.25) is 0 Å². The molecule has 5 aliphatic heterocycles. The van der Waals surface area contributed by atoms with Crippen molar-refractivity contribution in [2.24, 2.45) is 0 Å². The van der Waals surface area contributed by atoms with E-state index in [1.165, 1.54) is 27.7 Å². The first kappa shape index (κ1) is 102. The summed E-state index contributed by atoms with van der Waals surface area (Å²) in [4.78, 5) is 66.1. The molecule has 126 heavy (non-hydrogen) atoms. The van der Waals surface area contributed by atoms with E-state index in [0.29, 0.717) is 68.3 Å². The molecule has 4 aromatic rings. The molecule has 9 rings (SSSR count). The minimum Gasteiger partial charge on any atom is -0.480 e. The van der Waals surface area contributed by atoms with E-state index in [9.17, 15) is 90.4 Å². The van der Waals surface area contributed by atoms with Crippen LogP contribution in [0, 0.1) is 0 Å². The van der Waals surface area contributed by atoms with Gasteiger partial charge in [0.25, 0.3) is 0 Å². The van der Waals surface area contributed by atoms with E-state index < -0.39 is 184 Å². The number of carbonyl (C=O) groups excluding carboxylic acids is 4. The molecule has 21 atom stereocenters. The second-order valence-electron chi connectivity index (χ2n) is 30.3. The molecule has 16 N–H and O–H groups in total. The summed E-state index contributed by atoms with van der Waals surface area (Å²) in [5, 5.41) is 176. The number of unbranched alkanes of at least 4 members (excludes halogenated alkanes) is 1. The van der Waals surface area contributed by atoms with Gasteiger partial charge in [-0.1, -0.05) is 27.3 Å². The minimum absolute atomic E-state index is 0.00777. The van der Waals surface area contributed by atoms with Crippen LogP contribution in [0.5, 0.6) is 0 Å². The van der Waals surface area contributed by atoms with E-state index in [-0.39, 0.29) is 165 Å². The Labute approximate surface area is 724 Å². The number of aliphatic hydroxyl groups is 12. The Kier molecular flexibility index (Phi) is 43.2. The Balaban J connectivity index is 0.772. The summed E-state index contributed by atoms with van der Waals surface area (Å²) in [5.74, 6) is -3.07. The summed E-state index contributed by atoms with van der Waals surface area (Å²) in [6.07, 6.45) is -11.5. The molecular formula is C74H124N18O34. The van der Waals surface area contributed by atoms with E-state index >= 15 is 0 Å². The van der Waals surface area contributed by atoms with Crippen molar-refractivity contribution in [3.05, 3.63) is 47.6 Å². The molecule has 5 aliphatic rings. The zero-order chi connectivity index (χ0) is 90.7. The first-order chi connectivity index (χ1) is 60.7. The highest BCUT2D eigenvalue weighted by Crippen LogP contribution is 2.50. The van der Waals surface area contributed by atoms with Gasteiger partial charge in [0, 0.05) is 78.7 Å². The number of aliphatic hydroxyl groups excluding tert-OH is 11. The van der Waals surface area contributed by atoms with Crippen LogP contribution in [-0.4, -0.2) is 464 Å². The third kappa shape index (κ3) is 31.2. The number of carboxylic acids is 1. The Morgan fingerprint density at radius 1 is 0.413 bits per heavy atom. The second kappa shape index (κ2) is 53.1. The predicted octanol–water partition coefficient (Wildman–Crippen LogP) is -10.6. The van der Waals surface area contributed by atoms with Crippen LogP contribution in [-0.2, 0) is 152 Å². The molecule has 714 valence electrons. The van der Waals surface area contributed by atoms with Crippen LogP contribution in [0.15, 0.2) is 24.8 Å². The molecule has 52 nitrogen and oxygen atoms in total. The number of ether oxygens (including phenoxy) is 16. The van der Waals surface area contributed by atoms with Crippen LogP contribution >= 0.6 is 0 Å². The highest BCUT2D eigenvalue weighted by Gasteiger charge is 2.76. The number of carboxylic acid groups (broad SMARTS) is 1. The van der Waals surface area contributed by atoms with Gasteiger partial charge >= 0.3 is 5.97 Å². The third-order valence-corrected chi connectivity index (χ3v) is 20.8. The molecule has 0 aliphatic carbocycles. The summed E-state index contributed by atoms with van der Waals surface area (Å²) in [5.41, 5.74) is 0.184. The van der Waals surface area contributed by atoms with E-state index in [0.717, 1.165) is 4.90 Å². The second-order valence-corrected chi connectivity index (χ2v) is 30.3. The van der Waals surface area contributed by atoms with Crippen molar-refractivity contribution < 1.29 is 166 Å². The smallest absolute Gasteiger partial charge is 0.320 e. The van der Waals surface area contributed by atoms with Gasteiger partial charge in [-0.3, -0.25) is 38.7 Å². The molecule has 4 amide bonds. The lowest BCUT2D eigenvalue weighted by Gasteiger charge is -2.42. The standard InChI is InChI=1S/C74H124N18O34/c1-45(97)75-58-64(104)61(101)54(41-93)123-70(58)119-29-25-115-21-17-111-13-9-88-37-49(78-82-88)33-86(34-50-38-89(83-79-50)10-14-112-20-24-118-28-32-122-73-67-74(110,92(67)48(4)100)68(107)57(44-96)126-73)8-6-5-7-53(69(108)109)87(35-51-39-90(84-80-51)11-15-113-18-22-116-26-30-120-71-59(76-46(2)98)65(105)62(102)55(42-94)124-71)36-52-40-91(85-81-52)12-16-114-19-23-117-27-31-121-72-60(77-47(3)99)66(106)63(103)56(43-95)125-72/h37-40,53-68,70-73,93-96,101-107,110H,5-36,41-44H2,1-4H3,(H,75,97)(H,76,98)(H,77,99)(H,108,109)/t53-,54?,55?,56?,57?,58?,59?,60?,61?,62?,63?,64?,65?,66?,67?,68?,70?,71?,72?,73?,74?,92?/m0/s1. The first-order valence-corrected chi connectivity index (χ1v) is 41.7. The molecule has 52 heteroatoms. The van der Waals surface area contributed by atoms with Crippen molar-refractivity contribution in [1.29, 1.82) is 0 Å². The molecule has 0 radical (unpaired) electrons. The lowest BCUT2D eigenvalue weighted by molar-refractivity contribution is -0.272. The number of rotatable bonds is 62. The molecule has 9 heterocycles. The number of fused-ring (bicyclic) bond motifs is 1. The molecular weight excluding hydrogens is 1680 g/mol. The van der Waals surface area contributed by atoms with Gasteiger partial charge in [-0.05, 0) is 19.4 Å². The fourth-order valence-electron chi connectivity index (χ4n) is 14.5. The molecule has 5 fully saturated rings. The fraction of sp³-hybridized carbons (Fsp3) is 0.824. The largest absolute Gasteiger partial charge is 0.480 e. The van der Waals surface area contributed by atoms with Crippen molar-refractivity contribution in [1.82, 2.24) is 90.6 Å². The monoisotopic (exact) mass is 1810 g/mol. The highest BCUT2D eigenvalue weighted by atomic mass is 16.7. The van der Waals surface area contributed by atoms with Gasteiger partial charge in [-0.15, -0.1) is 20.4 Å².